The van der Waals surface area contributed by atoms with Crippen molar-refractivity contribution in [1.29, 1.82) is 0 Å². The van der Waals surface area contributed by atoms with Crippen LogP contribution in [0.5, 0.6) is 0 Å². The van der Waals surface area contributed by atoms with Gasteiger partial charge in [0.05, 0.1) is 6.10 Å². The lowest BCUT2D eigenvalue weighted by molar-refractivity contribution is 0.101. The third kappa shape index (κ3) is 3.83. The summed E-state index contributed by atoms with van der Waals surface area (Å²) in [5, 5.41) is 3.30. The monoisotopic (exact) mass is 233 g/mol. The van der Waals surface area contributed by atoms with E-state index in [1.807, 2.05) is 7.05 Å². The number of likely N-dealkylation sites (N-methyl/N-ethyl adjacent to an activating group) is 1. The van der Waals surface area contributed by atoms with Gasteiger partial charge in [0.15, 0.2) is 0 Å². The van der Waals surface area contributed by atoms with Crippen molar-refractivity contribution in [3.05, 3.63) is 35.9 Å². The third-order valence-electron chi connectivity index (χ3n) is 3.58. The zero-order valence-electron chi connectivity index (χ0n) is 10.7. The highest BCUT2D eigenvalue weighted by Crippen LogP contribution is 2.25. The average molecular weight is 233 g/mol. The van der Waals surface area contributed by atoms with Gasteiger partial charge in [-0.25, -0.2) is 0 Å². The Hall–Kier alpha value is -0.860. The quantitative estimate of drug-likeness (QED) is 0.815. The van der Waals surface area contributed by atoms with Gasteiger partial charge in [0.25, 0.3) is 0 Å². The van der Waals surface area contributed by atoms with E-state index in [-0.39, 0.29) is 0 Å². The molecule has 94 valence electrons. The Kier molecular flexibility index (Phi) is 5.02. The standard InChI is InChI=1S/C15H23NO/c1-16-12-14(13-6-3-2-4-7-13)9-10-15-8-5-11-17-15/h2-4,6-7,14-16H,5,8-12H2,1H3. The lowest BCUT2D eigenvalue weighted by atomic mass is 9.92. The van der Waals surface area contributed by atoms with Gasteiger partial charge >= 0.3 is 0 Å². The van der Waals surface area contributed by atoms with Crippen LogP contribution in [0.1, 0.15) is 37.2 Å². The number of benzene rings is 1. The Bertz CT molecular complexity index is 306. The van der Waals surface area contributed by atoms with Crippen molar-refractivity contribution < 1.29 is 4.74 Å². The maximum Gasteiger partial charge on any atom is 0.0576 e. The van der Waals surface area contributed by atoms with E-state index < -0.39 is 0 Å². The van der Waals surface area contributed by atoms with Crippen LogP contribution >= 0.6 is 0 Å². The van der Waals surface area contributed by atoms with E-state index in [1.165, 1.54) is 31.2 Å². The fourth-order valence-corrected chi connectivity index (χ4v) is 2.62. The molecule has 0 bridgehead atoms. The molecule has 2 heteroatoms. The van der Waals surface area contributed by atoms with E-state index in [2.05, 4.69) is 35.6 Å². The minimum absolute atomic E-state index is 0.512. The summed E-state index contributed by atoms with van der Waals surface area (Å²) in [6.07, 6.45) is 5.42. The highest BCUT2D eigenvalue weighted by Gasteiger charge is 2.18. The number of ether oxygens (including phenoxy) is 1. The molecule has 0 aromatic heterocycles. The predicted octanol–water partition coefficient (Wildman–Crippen LogP) is 2.95. The van der Waals surface area contributed by atoms with Crippen molar-refractivity contribution in [2.45, 2.75) is 37.7 Å². The highest BCUT2D eigenvalue weighted by atomic mass is 16.5. The van der Waals surface area contributed by atoms with Crippen molar-refractivity contribution in [1.82, 2.24) is 5.32 Å². The highest BCUT2D eigenvalue weighted by molar-refractivity contribution is 5.19. The maximum atomic E-state index is 5.70. The first-order chi connectivity index (χ1) is 8.40. The van der Waals surface area contributed by atoms with E-state index in [1.54, 1.807) is 0 Å². The molecule has 0 aliphatic carbocycles. The molecule has 1 N–H and O–H groups in total. The first kappa shape index (κ1) is 12.6. The number of nitrogens with one attached hydrogen (secondary N) is 1. The Labute approximate surface area is 104 Å². The zero-order chi connectivity index (χ0) is 11.9. The van der Waals surface area contributed by atoms with Crippen LogP contribution < -0.4 is 5.32 Å². The second-order valence-electron chi connectivity index (χ2n) is 4.88. The Morgan fingerprint density at radius 3 is 2.82 bits per heavy atom. The molecule has 2 unspecified atom stereocenters. The number of hydrogen-bond donors (Lipinski definition) is 1. The largest absolute Gasteiger partial charge is 0.378 e. The molecule has 2 atom stereocenters. The fourth-order valence-electron chi connectivity index (χ4n) is 2.62. The van der Waals surface area contributed by atoms with Crippen LogP contribution in [0.4, 0.5) is 0 Å². The molecule has 0 spiro atoms. The van der Waals surface area contributed by atoms with E-state index in [9.17, 15) is 0 Å². The first-order valence-electron chi connectivity index (χ1n) is 6.71. The first-order valence-corrected chi connectivity index (χ1v) is 6.71. The number of hydrogen-bond acceptors (Lipinski definition) is 2. The van der Waals surface area contributed by atoms with Crippen LogP contribution in [-0.2, 0) is 4.74 Å². The van der Waals surface area contributed by atoms with Crippen molar-refractivity contribution in [2.24, 2.45) is 0 Å². The predicted molar refractivity (Wildman–Crippen MR) is 71.3 cm³/mol. The zero-order valence-corrected chi connectivity index (χ0v) is 10.7. The van der Waals surface area contributed by atoms with Crippen molar-refractivity contribution in [2.75, 3.05) is 20.2 Å². The number of rotatable bonds is 6. The molecule has 1 aromatic rings. The van der Waals surface area contributed by atoms with E-state index in [0.29, 0.717) is 12.0 Å². The van der Waals surface area contributed by atoms with Crippen LogP contribution in [0.25, 0.3) is 0 Å². The molecule has 0 amide bonds. The molecule has 1 heterocycles. The second-order valence-corrected chi connectivity index (χ2v) is 4.88. The normalized spacial score (nSPS) is 21.6. The van der Waals surface area contributed by atoms with Crippen molar-refractivity contribution in [3.8, 4) is 0 Å². The molecular weight excluding hydrogens is 210 g/mol. The van der Waals surface area contributed by atoms with Crippen LogP contribution in [-0.4, -0.2) is 26.3 Å². The van der Waals surface area contributed by atoms with Gasteiger partial charge in [-0.05, 0) is 44.2 Å². The summed E-state index contributed by atoms with van der Waals surface area (Å²) in [6, 6.07) is 10.8. The molecule has 1 fully saturated rings. The van der Waals surface area contributed by atoms with E-state index >= 15 is 0 Å². The Morgan fingerprint density at radius 2 is 2.18 bits per heavy atom. The molecular formula is C15H23NO. The minimum Gasteiger partial charge on any atom is -0.378 e. The molecule has 0 saturated carbocycles. The Balaban J connectivity index is 1.88. The van der Waals surface area contributed by atoms with Crippen molar-refractivity contribution >= 4 is 0 Å². The summed E-state index contributed by atoms with van der Waals surface area (Å²) in [7, 11) is 2.03. The average Bonchev–Trinajstić information content (AvgIpc) is 2.88. The van der Waals surface area contributed by atoms with Gasteiger partial charge in [0, 0.05) is 13.2 Å². The summed E-state index contributed by atoms with van der Waals surface area (Å²) in [6.45, 7) is 2.02. The molecule has 1 aliphatic rings. The fraction of sp³-hybridized carbons (Fsp3) is 0.600. The van der Waals surface area contributed by atoms with Crippen LogP contribution in [0, 0.1) is 0 Å². The van der Waals surface area contributed by atoms with Gasteiger partial charge < -0.3 is 10.1 Å². The van der Waals surface area contributed by atoms with Gasteiger partial charge in [-0.3, -0.25) is 0 Å². The van der Waals surface area contributed by atoms with Gasteiger partial charge in [-0.1, -0.05) is 30.3 Å². The van der Waals surface area contributed by atoms with Crippen LogP contribution in [0.2, 0.25) is 0 Å². The van der Waals surface area contributed by atoms with E-state index in [0.717, 1.165) is 13.2 Å². The maximum absolute atomic E-state index is 5.70. The van der Waals surface area contributed by atoms with Gasteiger partial charge in [-0.2, -0.15) is 0 Å². The molecule has 2 rings (SSSR count). The molecule has 1 aromatic carbocycles. The van der Waals surface area contributed by atoms with E-state index in [4.69, 9.17) is 4.74 Å². The van der Waals surface area contributed by atoms with Crippen molar-refractivity contribution in [3.63, 3.8) is 0 Å². The molecule has 17 heavy (non-hydrogen) atoms. The minimum atomic E-state index is 0.512. The van der Waals surface area contributed by atoms with Gasteiger partial charge in [0.1, 0.15) is 0 Å². The SMILES string of the molecule is CNCC(CCC1CCCO1)c1ccccc1. The third-order valence-corrected chi connectivity index (χ3v) is 3.58. The lowest BCUT2D eigenvalue weighted by Gasteiger charge is -2.19. The Morgan fingerprint density at radius 1 is 1.35 bits per heavy atom. The van der Waals surface area contributed by atoms with Gasteiger partial charge in [-0.15, -0.1) is 0 Å². The summed E-state index contributed by atoms with van der Waals surface area (Å²) < 4.78 is 5.70. The smallest absolute Gasteiger partial charge is 0.0576 e. The summed E-state index contributed by atoms with van der Waals surface area (Å²) in [5.41, 5.74) is 1.44. The van der Waals surface area contributed by atoms with Gasteiger partial charge in [0.2, 0.25) is 0 Å². The summed E-state index contributed by atoms with van der Waals surface area (Å²) in [5.74, 6) is 0.616. The molecule has 0 radical (unpaired) electrons. The summed E-state index contributed by atoms with van der Waals surface area (Å²) >= 11 is 0. The molecule has 1 aliphatic heterocycles. The van der Waals surface area contributed by atoms with Crippen LogP contribution in [0.15, 0.2) is 30.3 Å². The lowest BCUT2D eigenvalue weighted by Crippen LogP contribution is -2.19. The van der Waals surface area contributed by atoms with Crippen LogP contribution in [0.3, 0.4) is 0 Å². The molecule has 1 saturated heterocycles. The molecule has 2 nitrogen and oxygen atoms in total. The second kappa shape index (κ2) is 6.77. The topological polar surface area (TPSA) is 21.3 Å². The summed E-state index contributed by atoms with van der Waals surface area (Å²) in [4.78, 5) is 0.